The van der Waals surface area contributed by atoms with Gasteiger partial charge in [0.25, 0.3) is 0 Å². The molecule has 0 aliphatic carbocycles. The van der Waals surface area contributed by atoms with E-state index in [1.807, 2.05) is 12.1 Å². The minimum atomic E-state index is -4.44. The summed E-state index contributed by atoms with van der Waals surface area (Å²) in [5, 5.41) is 2.65. The zero-order chi connectivity index (χ0) is 14.0. The predicted molar refractivity (Wildman–Crippen MR) is 75.8 cm³/mol. The van der Waals surface area contributed by atoms with Gasteiger partial charge >= 0.3 is 6.18 Å². The van der Waals surface area contributed by atoms with E-state index in [9.17, 15) is 13.2 Å². The van der Waals surface area contributed by atoms with Gasteiger partial charge in [0, 0.05) is 17.1 Å². The van der Waals surface area contributed by atoms with Gasteiger partial charge in [0.2, 0.25) is 0 Å². The summed E-state index contributed by atoms with van der Waals surface area (Å²) in [4.78, 5) is 1.02. The van der Waals surface area contributed by atoms with Gasteiger partial charge in [0.05, 0.1) is 14.4 Å². The van der Waals surface area contributed by atoms with Crippen molar-refractivity contribution >= 4 is 44.6 Å². The van der Waals surface area contributed by atoms with Crippen LogP contribution >= 0.6 is 38.9 Å². The van der Waals surface area contributed by atoms with Crippen LogP contribution in [0.2, 0.25) is 5.02 Å². The first kappa shape index (κ1) is 14.7. The highest BCUT2D eigenvalue weighted by atomic mass is 79.9. The van der Waals surface area contributed by atoms with E-state index in [0.717, 1.165) is 14.7 Å². The molecule has 102 valence electrons. The number of halogens is 5. The molecule has 2 aromatic rings. The predicted octanol–water partition coefficient (Wildman–Crippen LogP) is 5.79. The minimum Gasteiger partial charge on any atom is -0.380 e. The Morgan fingerprint density at radius 3 is 2.53 bits per heavy atom. The number of anilines is 1. The van der Waals surface area contributed by atoms with Crippen molar-refractivity contribution in [3.63, 3.8) is 0 Å². The molecule has 0 aliphatic heterocycles. The van der Waals surface area contributed by atoms with E-state index in [1.165, 1.54) is 23.5 Å². The fraction of sp³-hybridized carbons (Fsp3) is 0.167. The molecule has 0 saturated heterocycles. The lowest BCUT2D eigenvalue weighted by Crippen LogP contribution is -2.07. The van der Waals surface area contributed by atoms with Gasteiger partial charge in [-0.15, -0.1) is 11.3 Å². The summed E-state index contributed by atoms with van der Waals surface area (Å²) in [7, 11) is 0. The molecule has 2 rings (SSSR count). The van der Waals surface area contributed by atoms with Crippen molar-refractivity contribution in [1.82, 2.24) is 0 Å². The molecule has 0 atom stereocenters. The molecule has 1 N–H and O–H groups in total. The summed E-state index contributed by atoms with van der Waals surface area (Å²) < 4.78 is 39.0. The Morgan fingerprint density at radius 1 is 1.21 bits per heavy atom. The highest BCUT2D eigenvalue weighted by molar-refractivity contribution is 9.11. The lowest BCUT2D eigenvalue weighted by molar-refractivity contribution is -0.137. The van der Waals surface area contributed by atoms with Crippen LogP contribution in [-0.2, 0) is 12.7 Å². The molecule has 0 spiro atoms. The van der Waals surface area contributed by atoms with Crippen LogP contribution < -0.4 is 5.32 Å². The molecule has 7 heteroatoms. The second-order valence-corrected chi connectivity index (χ2v) is 6.71. The summed E-state index contributed by atoms with van der Waals surface area (Å²) in [5.41, 5.74) is -0.437. The van der Waals surface area contributed by atoms with Crippen molar-refractivity contribution in [3.05, 3.63) is 49.6 Å². The summed E-state index contributed by atoms with van der Waals surface area (Å²) in [6.07, 6.45) is -4.44. The fourth-order valence-corrected chi connectivity index (χ4v) is 3.14. The summed E-state index contributed by atoms with van der Waals surface area (Å²) in [5.74, 6) is 0. The number of benzene rings is 1. The Balaban J connectivity index is 2.13. The van der Waals surface area contributed by atoms with Crippen molar-refractivity contribution in [2.45, 2.75) is 12.7 Å². The van der Waals surface area contributed by atoms with Crippen molar-refractivity contribution in [2.24, 2.45) is 0 Å². The van der Waals surface area contributed by atoms with E-state index in [4.69, 9.17) is 11.6 Å². The highest BCUT2D eigenvalue weighted by Crippen LogP contribution is 2.36. The summed E-state index contributed by atoms with van der Waals surface area (Å²) >= 11 is 10.4. The van der Waals surface area contributed by atoms with Gasteiger partial charge < -0.3 is 5.32 Å². The quantitative estimate of drug-likeness (QED) is 0.720. The highest BCUT2D eigenvalue weighted by Gasteiger charge is 2.33. The number of hydrogen-bond donors (Lipinski definition) is 1. The topological polar surface area (TPSA) is 12.0 Å². The number of hydrogen-bond acceptors (Lipinski definition) is 2. The van der Waals surface area contributed by atoms with Crippen LogP contribution in [0.25, 0.3) is 0 Å². The van der Waals surface area contributed by atoms with Gasteiger partial charge in [-0.1, -0.05) is 11.6 Å². The maximum absolute atomic E-state index is 12.7. The molecule has 1 aromatic carbocycles. The van der Waals surface area contributed by atoms with Crippen LogP contribution in [0.1, 0.15) is 10.4 Å². The van der Waals surface area contributed by atoms with Crippen LogP contribution in [0.3, 0.4) is 0 Å². The number of thiophene rings is 1. The Kier molecular flexibility index (Phi) is 4.43. The normalized spacial score (nSPS) is 11.6. The molecule has 0 radical (unpaired) electrons. The lowest BCUT2D eigenvalue weighted by Gasteiger charge is -2.11. The van der Waals surface area contributed by atoms with Crippen molar-refractivity contribution < 1.29 is 13.2 Å². The summed E-state index contributed by atoms with van der Waals surface area (Å²) in [6.45, 7) is 0.467. The SMILES string of the molecule is FC(F)(F)c1cc(NCc2ccc(Br)s2)ccc1Cl. The Morgan fingerprint density at radius 2 is 1.95 bits per heavy atom. The largest absolute Gasteiger partial charge is 0.417 e. The van der Waals surface area contributed by atoms with Gasteiger partial charge in [-0.05, 0) is 46.3 Å². The zero-order valence-corrected chi connectivity index (χ0v) is 12.6. The van der Waals surface area contributed by atoms with Crippen molar-refractivity contribution in [1.29, 1.82) is 0 Å². The Hall–Kier alpha value is -0.720. The third-order valence-corrected chi connectivity index (χ3v) is 4.32. The molecule has 0 unspecified atom stereocenters. The zero-order valence-electron chi connectivity index (χ0n) is 9.39. The third-order valence-electron chi connectivity index (χ3n) is 2.37. The second kappa shape index (κ2) is 5.73. The van der Waals surface area contributed by atoms with E-state index in [2.05, 4.69) is 21.2 Å². The standard InChI is InChI=1S/C12H8BrClF3NS/c13-11-4-2-8(19-11)6-18-7-1-3-10(14)9(5-7)12(15,16)17/h1-5,18H,6H2. The molecule has 0 fully saturated rings. The molecule has 0 saturated carbocycles. The summed E-state index contributed by atoms with van der Waals surface area (Å²) in [6, 6.07) is 7.59. The van der Waals surface area contributed by atoms with Crippen LogP contribution in [0, 0.1) is 0 Å². The molecule has 0 bridgehead atoms. The smallest absolute Gasteiger partial charge is 0.380 e. The lowest BCUT2D eigenvalue weighted by atomic mass is 10.2. The van der Waals surface area contributed by atoms with Gasteiger partial charge in [0.15, 0.2) is 0 Å². The first-order valence-corrected chi connectivity index (χ1v) is 7.20. The van der Waals surface area contributed by atoms with Gasteiger partial charge in [0.1, 0.15) is 0 Å². The van der Waals surface area contributed by atoms with Crippen LogP contribution in [0.15, 0.2) is 34.1 Å². The Bertz CT molecular complexity index is 583. The van der Waals surface area contributed by atoms with Crippen molar-refractivity contribution in [3.8, 4) is 0 Å². The van der Waals surface area contributed by atoms with Crippen LogP contribution in [0.5, 0.6) is 0 Å². The van der Waals surface area contributed by atoms with Crippen LogP contribution in [-0.4, -0.2) is 0 Å². The van der Waals surface area contributed by atoms with Gasteiger partial charge in [-0.25, -0.2) is 0 Å². The van der Waals surface area contributed by atoms with Crippen LogP contribution in [0.4, 0.5) is 18.9 Å². The minimum absolute atomic E-state index is 0.295. The molecule has 1 heterocycles. The first-order chi connectivity index (χ1) is 8.86. The second-order valence-electron chi connectivity index (χ2n) is 3.75. The van der Waals surface area contributed by atoms with Crippen molar-refractivity contribution in [2.75, 3.05) is 5.32 Å². The monoisotopic (exact) mass is 369 g/mol. The van der Waals surface area contributed by atoms with E-state index in [0.29, 0.717) is 12.2 Å². The van der Waals surface area contributed by atoms with E-state index in [1.54, 1.807) is 0 Å². The van der Waals surface area contributed by atoms with E-state index < -0.39 is 11.7 Å². The fourth-order valence-electron chi connectivity index (χ4n) is 1.49. The number of nitrogens with one attached hydrogen (secondary N) is 1. The molecule has 1 nitrogen and oxygen atoms in total. The Labute approximate surface area is 125 Å². The third kappa shape index (κ3) is 3.87. The number of rotatable bonds is 3. The van der Waals surface area contributed by atoms with E-state index in [-0.39, 0.29) is 5.02 Å². The van der Waals surface area contributed by atoms with Gasteiger partial charge in [-0.2, -0.15) is 13.2 Å². The van der Waals surface area contributed by atoms with E-state index >= 15 is 0 Å². The molecule has 0 amide bonds. The molecule has 1 aromatic heterocycles. The van der Waals surface area contributed by atoms with Gasteiger partial charge in [-0.3, -0.25) is 0 Å². The molecule has 19 heavy (non-hydrogen) atoms. The first-order valence-electron chi connectivity index (χ1n) is 5.21. The maximum Gasteiger partial charge on any atom is 0.417 e. The molecular weight excluding hydrogens is 363 g/mol. The number of alkyl halides is 3. The average Bonchev–Trinajstić information content (AvgIpc) is 2.72. The maximum atomic E-state index is 12.7. The average molecular weight is 371 g/mol. The molecule has 0 aliphatic rings. The molecular formula is C12H8BrClF3NS.